The van der Waals surface area contributed by atoms with Gasteiger partial charge in [0.1, 0.15) is 0 Å². The third-order valence-corrected chi connectivity index (χ3v) is 4.80. The number of carbonyl (C=O) groups excluding carboxylic acids is 2. The lowest BCUT2D eigenvalue weighted by Crippen LogP contribution is -2.34. The van der Waals surface area contributed by atoms with Crippen molar-refractivity contribution in [3.05, 3.63) is 45.0 Å². The monoisotopic (exact) mass is 541 g/mol. The summed E-state index contributed by atoms with van der Waals surface area (Å²) in [5.41, 5.74) is 3.44. The Morgan fingerprint density at radius 3 is 2.42 bits per heavy atom. The Kier molecular flexibility index (Phi) is 9.38. The van der Waals surface area contributed by atoms with Crippen LogP contribution in [0, 0.1) is 3.57 Å². The van der Waals surface area contributed by atoms with E-state index in [2.05, 4.69) is 38.4 Å². The number of ether oxygens (including phenoxy) is 4. The zero-order chi connectivity index (χ0) is 22.8. The Hall–Kier alpha value is -3.02. The van der Waals surface area contributed by atoms with Gasteiger partial charge in [-0.1, -0.05) is 0 Å². The summed E-state index contributed by atoms with van der Waals surface area (Å²) in [6.07, 6.45) is 1.48. The number of methoxy groups -OCH3 is 3. The van der Waals surface area contributed by atoms with Crippen LogP contribution in [-0.2, 0) is 4.79 Å². The molecule has 9 nitrogen and oxygen atoms in total. The molecule has 0 saturated carbocycles. The van der Waals surface area contributed by atoms with E-state index in [4.69, 9.17) is 18.9 Å². The first-order valence-corrected chi connectivity index (χ1v) is 10.3. The topological polar surface area (TPSA) is 107 Å². The van der Waals surface area contributed by atoms with E-state index in [1.54, 1.807) is 25.3 Å². The number of nitrogens with one attached hydrogen (secondary N) is 2. The van der Waals surface area contributed by atoms with E-state index in [1.807, 2.05) is 13.0 Å². The summed E-state index contributed by atoms with van der Waals surface area (Å²) in [5.74, 6) is 1.26. The molecule has 0 atom stereocenters. The average molecular weight is 541 g/mol. The molecule has 166 valence electrons. The molecule has 2 aromatic carbocycles. The maximum atomic E-state index is 12.3. The van der Waals surface area contributed by atoms with Gasteiger partial charge in [-0.25, -0.2) is 5.43 Å². The zero-order valence-corrected chi connectivity index (χ0v) is 19.8. The number of benzene rings is 2. The van der Waals surface area contributed by atoms with E-state index in [-0.39, 0.29) is 6.54 Å². The molecule has 0 fully saturated rings. The molecule has 0 aliphatic heterocycles. The Bertz CT molecular complexity index is 964. The Balaban J connectivity index is 1.93. The Morgan fingerprint density at radius 2 is 1.77 bits per heavy atom. The second-order valence-corrected chi connectivity index (χ2v) is 7.17. The standard InChI is InChI=1S/C21H24IN3O6/c1-5-31-18-9-13(8-15(22)20(18)30-4)11-24-25-19(26)12-23-21(27)14-6-7-16(28-2)17(10-14)29-3/h6-11H,5,12H2,1-4H3,(H,23,27)(H,25,26)/b24-11+. The van der Waals surface area contributed by atoms with Crippen molar-refractivity contribution in [2.24, 2.45) is 5.10 Å². The molecule has 0 saturated heterocycles. The quantitative estimate of drug-likeness (QED) is 0.272. The van der Waals surface area contributed by atoms with Crippen LogP contribution in [0.25, 0.3) is 0 Å². The minimum atomic E-state index is -0.474. The molecule has 0 aromatic heterocycles. The van der Waals surface area contributed by atoms with Crippen LogP contribution >= 0.6 is 22.6 Å². The van der Waals surface area contributed by atoms with Gasteiger partial charge in [0.2, 0.25) is 0 Å². The fraction of sp³-hybridized carbons (Fsp3) is 0.286. The predicted octanol–water partition coefficient (Wildman–Crippen LogP) is 2.60. The number of hydrogen-bond acceptors (Lipinski definition) is 7. The van der Waals surface area contributed by atoms with Crippen LogP contribution in [0.1, 0.15) is 22.8 Å². The van der Waals surface area contributed by atoms with Crippen molar-refractivity contribution in [2.45, 2.75) is 6.92 Å². The van der Waals surface area contributed by atoms with Gasteiger partial charge < -0.3 is 24.3 Å². The smallest absolute Gasteiger partial charge is 0.259 e. The van der Waals surface area contributed by atoms with Crippen molar-refractivity contribution < 1.29 is 28.5 Å². The van der Waals surface area contributed by atoms with E-state index >= 15 is 0 Å². The van der Waals surface area contributed by atoms with Crippen molar-refractivity contribution >= 4 is 40.6 Å². The number of hydrogen-bond donors (Lipinski definition) is 2. The summed E-state index contributed by atoms with van der Waals surface area (Å²) in [5, 5.41) is 6.46. The first-order valence-electron chi connectivity index (χ1n) is 9.25. The number of nitrogens with zero attached hydrogens (tertiary/aromatic N) is 1. The van der Waals surface area contributed by atoms with Crippen molar-refractivity contribution in [1.82, 2.24) is 10.7 Å². The van der Waals surface area contributed by atoms with Gasteiger partial charge in [0, 0.05) is 5.56 Å². The number of carbonyl (C=O) groups is 2. The van der Waals surface area contributed by atoms with Crippen LogP contribution in [0.2, 0.25) is 0 Å². The Labute approximate surface area is 194 Å². The van der Waals surface area contributed by atoms with Crippen LogP contribution in [0.15, 0.2) is 35.4 Å². The van der Waals surface area contributed by atoms with Crippen molar-refractivity contribution in [2.75, 3.05) is 34.5 Å². The van der Waals surface area contributed by atoms with Crippen molar-refractivity contribution in [3.63, 3.8) is 0 Å². The minimum Gasteiger partial charge on any atom is -0.493 e. The van der Waals surface area contributed by atoms with Gasteiger partial charge in [0.15, 0.2) is 23.0 Å². The minimum absolute atomic E-state index is 0.241. The molecule has 2 rings (SSSR count). The molecule has 0 bridgehead atoms. The van der Waals surface area contributed by atoms with Crippen LogP contribution in [-0.4, -0.2) is 52.5 Å². The normalized spacial score (nSPS) is 10.5. The van der Waals surface area contributed by atoms with Gasteiger partial charge in [-0.05, 0) is 65.4 Å². The number of rotatable bonds is 10. The number of amides is 2. The highest BCUT2D eigenvalue weighted by Gasteiger charge is 2.12. The molecular weight excluding hydrogens is 517 g/mol. The lowest BCUT2D eigenvalue weighted by Gasteiger charge is -2.11. The Morgan fingerprint density at radius 1 is 1.03 bits per heavy atom. The highest BCUT2D eigenvalue weighted by Crippen LogP contribution is 2.33. The molecule has 2 aromatic rings. The first-order chi connectivity index (χ1) is 14.9. The van der Waals surface area contributed by atoms with E-state index < -0.39 is 11.8 Å². The largest absolute Gasteiger partial charge is 0.493 e. The average Bonchev–Trinajstić information content (AvgIpc) is 2.77. The molecule has 0 spiro atoms. The summed E-state index contributed by atoms with van der Waals surface area (Å²) in [4.78, 5) is 24.3. The molecule has 31 heavy (non-hydrogen) atoms. The number of halogens is 1. The summed E-state index contributed by atoms with van der Waals surface area (Å²) in [7, 11) is 4.56. The molecule has 10 heteroatoms. The highest BCUT2D eigenvalue weighted by molar-refractivity contribution is 14.1. The summed E-state index contributed by atoms with van der Waals surface area (Å²) < 4.78 is 22.1. The third-order valence-electron chi connectivity index (χ3n) is 3.99. The molecule has 0 heterocycles. The summed E-state index contributed by atoms with van der Waals surface area (Å²) in [6, 6.07) is 8.33. The highest BCUT2D eigenvalue weighted by atomic mass is 127. The predicted molar refractivity (Wildman–Crippen MR) is 124 cm³/mol. The van der Waals surface area contributed by atoms with Crippen molar-refractivity contribution in [3.8, 4) is 23.0 Å². The molecule has 0 aliphatic carbocycles. The van der Waals surface area contributed by atoms with Crippen LogP contribution in [0.4, 0.5) is 0 Å². The SMILES string of the molecule is CCOc1cc(/C=N/NC(=O)CNC(=O)c2ccc(OC)c(OC)c2)cc(I)c1OC. The van der Waals surface area contributed by atoms with Gasteiger partial charge in [-0.3, -0.25) is 9.59 Å². The van der Waals surface area contributed by atoms with Crippen LogP contribution < -0.4 is 29.7 Å². The molecular formula is C21H24IN3O6. The maximum absolute atomic E-state index is 12.3. The summed E-state index contributed by atoms with van der Waals surface area (Å²) in [6.45, 7) is 2.13. The van der Waals surface area contributed by atoms with E-state index in [1.165, 1.54) is 26.5 Å². The zero-order valence-electron chi connectivity index (χ0n) is 17.7. The molecule has 0 radical (unpaired) electrons. The van der Waals surface area contributed by atoms with E-state index in [9.17, 15) is 9.59 Å². The fourth-order valence-electron chi connectivity index (χ4n) is 2.58. The molecule has 2 N–H and O–H groups in total. The van der Waals surface area contributed by atoms with Crippen LogP contribution in [0.5, 0.6) is 23.0 Å². The maximum Gasteiger partial charge on any atom is 0.259 e. The lowest BCUT2D eigenvalue weighted by atomic mass is 10.2. The second-order valence-electron chi connectivity index (χ2n) is 6.01. The van der Waals surface area contributed by atoms with Gasteiger partial charge in [0.25, 0.3) is 11.8 Å². The summed E-state index contributed by atoms with van der Waals surface area (Å²) >= 11 is 2.13. The van der Waals surface area contributed by atoms with Gasteiger partial charge in [-0.15, -0.1) is 0 Å². The van der Waals surface area contributed by atoms with E-state index in [0.29, 0.717) is 35.2 Å². The second kappa shape index (κ2) is 12.0. The lowest BCUT2D eigenvalue weighted by molar-refractivity contribution is -0.120. The first kappa shape index (κ1) is 24.3. The van der Waals surface area contributed by atoms with Crippen molar-refractivity contribution in [1.29, 1.82) is 0 Å². The van der Waals surface area contributed by atoms with Gasteiger partial charge >= 0.3 is 0 Å². The third kappa shape index (κ3) is 6.74. The van der Waals surface area contributed by atoms with E-state index in [0.717, 1.165) is 9.13 Å². The molecule has 2 amide bonds. The molecule has 0 aliphatic rings. The van der Waals surface area contributed by atoms with Gasteiger partial charge in [0.05, 0.1) is 44.3 Å². The van der Waals surface area contributed by atoms with Crippen LogP contribution in [0.3, 0.4) is 0 Å². The molecule has 0 unspecified atom stereocenters. The van der Waals surface area contributed by atoms with Gasteiger partial charge in [-0.2, -0.15) is 5.10 Å². The number of hydrazone groups is 1. The fourth-order valence-corrected chi connectivity index (χ4v) is 3.43.